The van der Waals surface area contributed by atoms with Crippen LogP contribution in [0.3, 0.4) is 0 Å². The van der Waals surface area contributed by atoms with Crippen LogP contribution in [0.1, 0.15) is 24.0 Å². The molecule has 8 heteroatoms. The Morgan fingerprint density at radius 2 is 1.94 bits per heavy atom. The minimum atomic E-state index is -0.334. The third kappa shape index (κ3) is 6.72. The van der Waals surface area contributed by atoms with E-state index in [1.165, 1.54) is 13.2 Å². The fourth-order valence-corrected chi connectivity index (χ4v) is 4.41. The topological polar surface area (TPSA) is 64.1 Å². The Balaban J connectivity index is 1.46. The third-order valence-electron chi connectivity index (χ3n) is 6.31. The molecule has 0 spiro atoms. The van der Waals surface area contributed by atoms with Gasteiger partial charge in [-0.25, -0.2) is 4.39 Å². The smallest absolute Gasteiger partial charge is 0.236 e. The minimum Gasteiger partial charge on any atom is -0.497 e. The number of methoxy groups -OCH3 is 1. The molecule has 2 aliphatic rings. The Bertz CT molecular complexity index is 908. The first kappa shape index (κ1) is 23.6. The molecule has 1 unspecified atom stereocenters. The van der Waals surface area contributed by atoms with Gasteiger partial charge in [0, 0.05) is 63.4 Å². The van der Waals surface area contributed by atoms with E-state index in [0.717, 1.165) is 31.6 Å². The summed E-state index contributed by atoms with van der Waals surface area (Å²) in [4.78, 5) is 21.1. The van der Waals surface area contributed by atoms with Gasteiger partial charge in [-0.05, 0) is 42.5 Å². The maximum absolute atomic E-state index is 14.6. The first-order valence-electron chi connectivity index (χ1n) is 11.5. The van der Waals surface area contributed by atoms with Gasteiger partial charge in [0.15, 0.2) is 0 Å². The summed E-state index contributed by atoms with van der Waals surface area (Å²) >= 11 is 0. The van der Waals surface area contributed by atoms with Crippen LogP contribution in [0.2, 0.25) is 0 Å². The van der Waals surface area contributed by atoms with Gasteiger partial charge in [-0.1, -0.05) is 6.07 Å². The van der Waals surface area contributed by atoms with Gasteiger partial charge in [-0.2, -0.15) is 0 Å². The fraction of sp³-hybridized carbons (Fsp3) is 0.520. The van der Waals surface area contributed by atoms with E-state index in [9.17, 15) is 9.18 Å². The van der Waals surface area contributed by atoms with E-state index in [1.807, 2.05) is 21.9 Å². The number of carbonyl (C=O) groups excluding carboxylic acids is 1. The predicted octanol–water partition coefficient (Wildman–Crippen LogP) is 2.89. The molecule has 0 bridgehead atoms. The summed E-state index contributed by atoms with van der Waals surface area (Å²) in [5.74, 6) is 0.642. The van der Waals surface area contributed by atoms with Crippen molar-refractivity contribution in [2.24, 2.45) is 5.92 Å². The molecule has 33 heavy (non-hydrogen) atoms. The zero-order valence-corrected chi connectivity index (χ0v) is 19.1. The van der Waals surface area contributed by atoms with Gasteiger partial charge in [0.25, 0.3) is 0 Å². The quantitative estimate of drug-likeness (QED) is 0.608. The zero-order valence-electron chi connectivity index (χ0n) is 19.1. The average molecular weight is 458 g/mol. The van der Waals surface area contributed by atoms with E-state index >= 15 is 0 Å². The monoisotopic (exact) mass is 457 g/mol. The highest BCUT2D eigenvalue weighted by molar-refractivity contribution is 5.78. The first-order chi connectivity index (χ1) is 16.1. The average Bonchev–Trinajstić information content (AvgIpc) is 2.98. The molecule has 7 nitrogen and oxygen atoms in total. The molecule has 0 radical (unpaired) electrons. The molecule has 1 atom stereocenters. The zero-order chi connectivity index (χ0) is 23.0. The number of benzene rings is 1. The van der Waals surface area contributed by atoms with E-state index in [4.69, 9.17) is 14.2 Å². The molecular weight excluding hydrogens is 425 g/mol. The molecule has 178 valence electrons. The van der Waals surface area contributed by atoms with Crippen LogP contribution in [0.5, 0.6) is 5.75 Å². The summed E-state index contributed by atoms with van der Waals surface area (Å²) in [5, 5.41) is 0. The van der Waals surface area contributed by atoms with Gasteiger partial charge in [-0.15, -0.1) is 0 Å². The highest BCUT2D eigenvalue weighted by atomic mass is 19.1. The number of ether oxygens (including phenoxy) is 3. The highest BCUT2D eigenvalue weighted by Gasteiger charge is 2.30. The van der Waals surface area contributed by atoms with Crippen molar-refractivity contribution in [2.75, 3.05) is 46.5 Å². The first-order valence-corrected chi connectivity index (χ1v) is 11.5. The summed E-state index contributed by atoms with van der Waals surface area (Å²) < 4.78 is 31.4. The summed E-state index contributed by atoms with van der Waals surface area (Å²) in [7, 11) is 1.51. The lowest BCUT2D eigenvalue weighted by atomic mass is 9.99. The molecule has 2 aromatic rings. The number of carbonyl (C=O) groups is 1. The maximum Gasteiger partial charge on any atom is 0.236 e. The van der Waals surface area contributed by atoms with E-state index in [2.05, 4.69) is 4.98 Å². The molecule has 1 aromatic carbocycles. The number of pyridine rings is 1. The number of amides is 1. The van der Waals surface area contributed by atoms with Crippen LogP contribution < -0.4 is 4.74 Å². The second kappa shape index (κ2) is 11.5. The Morgan fingerprint density at radius 1 is 1.15 bits per heavy atom. The third-order valence-corrected chi connectivity index (χ3v) is 6.31. The van der Waals surface area contributed by atoms with Gasteiger partial charge in [0.2, 0.25) is 5.91 Å². The largest absolute Gasteiger partial charge is 0.497 e. The molecule has 0 aliphatic carbocycles. The van der Waals surface area contributed by atoms with Gasteiger partial charge >= 0.3 is 0 Å². The van der Waals surface area contributed by atoms with Gasteiger partial charge in [-0.3, -0.25) is 14.7 Å². The van der Waals surface area contributed by atoms with E-state index in [1.54, 1.807) is 24.5 Å². The molecule has 4 rings (SSSR count). The molecule has 2 saturated heterocycles. The number of hydrogen-bond acceptors (Lipinski definition) is 6. The number of hydrogen-bond donors (Lipinski definition) is 0. The minimum absolute atomic E-state index is 0.0606. The molecule has 0 saturated carbocycles. The lowest BCUT2D eigenvalue weighted by Gasteiger charge is -2.30. The van der Waals surface area contributed by atoms with Crippen LogP contribution in [0, 0.1) is 11.7 Å². The van der Waals surface area contributed by atoms with Crippen LogP contribution in [0.15, 0.2) is 42.7 Å². The van der Waals surface area contributed by atoms with Crippen molar-refractivity contribution in [3.63, 3.8) is 0 Å². The van der Waals surface area contributed by atoms with E-state index in [-0.39, 0.29) is 24.4 Å². The SMILES string of the molecule is COc1ccc(CN2CC(=O)N(CC3CCOCC3)CC(OCc3ccncc3)C2)c(F)c1. The molecule has 1 amide bonds. The van der Waals surface area contributed by atoms with Crippen molar-refractivity contribution in [2.45, 2.75) is 32.1 Å². The fourth-order valence-electron chi connectivity index (χ4n) is 4.41. The van der Waals surface area contributed by atoms with Crippen molar-refractivity contribution in [1.29, 1.82) is 0 Å². The van der Waals surface area contributed by atoms with Crippen LogP contribution in [-0.2, 0) is 27.4 Å². The lowest BCUT2D eigenvalue weighted by Crippen LogP contribution is -2.42. The van der Waals surface area contributed by atoms with Crippen molar-refractivity contribution >= 4 is 5.91 Å². The molecule has 0 N–H and O–H groups in total. The summed E-state index contributed by atoms with van der Waals surface area (Å²) in [6.45, 7) is 4.30. The molecule has 3 heterocycles. The van der Waals surface area contributed by atoms with E-state index < -0.39 is 0 Å². The van der Waals surface area contributed by atoms with Crippen molar-refractivity contribution in [3.05, 3.63) is 59.7 Å². The standard InChI is InChI=1S/C25H32FN3O4/c1-31-22-3-2-21(24(26)12-22)14-28-15-23(33-18-20-4-8-27-9-5-20)16-29(25(30)17-28)13-19-6-10-32-11-7-19/h2-5,8-9,12,19,23H,6-7,10-11,13-18H2,1H3. The summed E-state index contributed by atoms with van der Waals surface area (Å²) in [6, 6.07) is 8.69. The number of nitrogens with zero attached hydrogens (tertiary/aromatic N) is 3. The number of halogens is 1. The van der Waals surface area contributed by atoms with Gasteiger partial charge < -0.3 is 19.1 Å². The molecule has 2 aliphatic heterocycles. The highest BCUT2D eigenvalue weighted by Crippen LogP contribution is 2.22. The Morgan fingerprint density at radius 3 is 2.67 bits per heavy atom. The van der Waals surface area contributed by atoms with Gasteiger partial charge in [0.05, 0.1) is 26.4 Å². The number of aromatic nitrogens is 1. The Hall–Kier alpha value is -2.55. The van der Waals surface area contributed by atoms with Gasteiger partial charge in [0.1, 0.15) is 11.6 Å². The molecule has 2 fully saturated rings. The molecule has 1 aromatic heterocycles. The summed E-state index contributed by atoms with van der Waals surface area (Å²) in [5.41, 5.74) is 1.57. The number of rotatable bonds is 8. The predicted molar refractivity (Wildman–Crippen MR) is 121 cm³/mol. The Labute approximate surface area is 194 Å². The van der Waals surface area contributed by atoms with Crippen LogP contribution in [0.4, 0.5) is 4.39 Å². The van der Waals surface area contributed by atoms with E-state index in [0.29, 0.717) is 50.0 Å². The van der Waals surface area contributed by atoms with Crippen molar-refractivity contribution in [3.8, 4) is 5.75 Å². The van der Waals surface area contributed by atoms with Crippen LogP contribution >= 0.6 is 0 Å². The van der Waals surface area contributed by atoms with Crippen LogP contribution in [0.25, 0.3) is 0 Å². The normalized spacial score (nSPS) is 20.6. The Kier molecular flexibility index (Phi) is 8.25. The van der Waals surface area contributed by atoms with Crippen molar-refractivity contribution in [1.82, 2.24) is 14.8 Å². The molecular formula is C25H32FN3O4. The van der Waals surface area contributed by atoms with Crippen LogP contribution in [-0.4, -0.2) is 73.3 Å². The lowest BCUT2D eigenvalue weighted by molar-refractivity contribution is -0.133. The maximum atomic E-state index is 14.6. The summed E-state index contributed by atoms with van der Waals surface area (Å²) in [6.07, 6.45) is 5.24. The second-order valence-electron chi connectivity index (χ2n) is 8.77. The second-order valence-corrected chi connectivity index (χ2v) is 8.77. The van der Waals surface area contributed by atoms with Crippen molar-refractivity contribution < 1.29 is 23.4 Å².